The molecule has 1 aliphatic rings. The van der Waals surface area contributed by atoms with Crippen molar-refractivity contribution in [3.05, 3.63) is 63.6 Å². The zero-order chi connectivity index (χ0) is 16.4. The van der Waals surface area contributed by atoms with Gasteiger partial charge in [-0.25, -0.2) is 0 Å². The van der Waals surface area contributed by atoms with E-state index in [1.807, 2.05) is 43.3 Å². The van der Waals surface area contributed by atoms with Crippen LogP contribution >= 0.6 is 23.2 Å². The summed E-state index contributed by atoms with van der Waals surface area (Å²) in [6.45, 7) is 3.52. The Morgan fingerprint density at radius 3 is 2.65 bits per heavy atom. The highest BCUT2D eigenvalue weighted by atomic mass is 35.5. The Morgan fingerprint density at radius 1 is 1.22 bits per heavy atom. The standard InChI is InChI=1S/C18H18Cl2N2O/c1-12-6-7-14(10-16(12)20)21-18(23)17-8-9-22(17)11-13-4-2-3-5-15(13)19/h2-7,10,17H,8-9,11H2,1H3,(H,21,23)/t17-/m0/s1. The lowest BCUT2D eigenvalue weighted by Crippen LogP contribution is -2.53. The van der Waals surface area contributed by atoms with Crippen LogP contribution in [-0.4, -0.2) is 23.4 Å². The minimum atomic E-state index is -0.119. The molecule has 0 aliphatic carbocycles. The maximum absolute atomic E-state index is 12.4. The van der Waals surface area contributed by atoms with Crippen LogP contribution in [0.15, 0.2) is 42.5 Å². The molecular formula is C18H18Cl2N2O. The quantitative estimate of drug-likeness (QED) is 0.881. The monoisotopic (exact) mass is 348 g/mol. The molecule has 23 heavy (non-hydrogen) atoms. The number of aryl methyl sites for hydroxylation is 1. The SMILES string of the molecule is Cc1ccc(NC(=O)[C@@H]2CCN2Cc2ccccc2Cl)cc1Cl. The Balaban J connectivity index is 1.64. The van der Waals surface area contributed by atoms with Crippen molar-refractivity contribution in [3.8, 4) is 0 Å². The van der Waals surface area contributed by atoms with E-state index in [-0.39, 0.29) is 11.9 Å². The van der Waals surface area contributed by atoms with Crippen molar-refractivity contribution in [1.29, 1.82) is 0 Å². The van der Waals surface area contributed by atoms with Gasteiger partial charge in [-0.1, -0.05) is 47.5 Å². The molecule has 3 nitrogen and oxygen atoms in total. The predicted octanol–water partition coefficient (Wildman–Crippen LogP) is 4.51. The number of carbonyl (C=O) groups is 1. The van der Waals surface area contributed by atoms with E-state index >= 15 is 0 Å². The topological polar surface area (TPSA) is 32.3 Å². The Bertz CT molecular complexity index is 733. The number of nitrogens with one attached hydrogen (secondary N) is 1. The van der Waals surface area contributed by atoms with Gasteiger partial charge in [0.25, 0.3) is 0 Å². The molecule has 0 spiro atoms. The van der Waals surface area contributed by atoms with Crippen LogP contribution in [-0.2, 0) is 11.3 Å². The van der Waals surface area contributed by atoms with Gasteiger partial charge in [0.05, 0.1) is 6.04 Å². The number of hydrogen-bond acceptors (Lipinski definition) is 2. The molecule has 0 radical (unpaired) electrons. The highest BCUT2D eigenvalue weighted by Crippen LogP contribution is 2.26. The lowest BCUT2D eigenvalue weighted by Gasteiger charge is -2.39. The molecule has 2 aromatic carbocycles. The number of halogens is 2. The summed E-state index contributed by atoms with van der Waals surface area (Å²) < 4.78 is 0. The van der Waals surface area contributed by atoms with Crippen LogP contribution in [0.3, 0.4) is 0 Å². The van der Waals surface area contributed by atoms with Crippen molar-refractivity contribution in [2.45, 2.75) is 25.9 Å². The van der Waals surface area contributed by atoms with E-state index in [1.165, 1.54) is 0 Å². The Kier molecular flexibility index (Phi) is 4.90. The average molecular weight is 349 g/mol. The third-order valence-electron chi connectivity index (χ3n) is 4.20. The predicted molar refractivity (Wildman–Crippen MR) is 95.1 cm³/mol. The second kappa shape index (κ2) is 6.91. The molecule has 0 bridgehead atoms. The van der Waals surface area contributed by atoms with Crippen LogP contribution in [0.5, 0.6) is 0 Å². The van der Waals surface area contributed by atoms with Gasteiger partial charge in [-0.15, -0.1) is 0 Å². The summed E-state index contributed by atoms with van der Waals surface area (Å²) in [6, 6.07) is 13.2. The van der Waals surface area contributed by atoms with E-state index in [1.54, 1.807) is 6.07 Å². The molecule has 1 saturated heterocycles. The molecule has 0 aromatic heterocycles. The van der Waals surface area contributed by atoms with Crippen LogP contribution in [0.1, 0.15) is 17.5 Å². The maximum Gasteiger partial charge on any atom is 0.241 e. The lowest BCUT2D eigenvalue weighted by molar-refractivity contribution is -0.125. The molecule has 120 valence electrons. The van der Waals surface area contributed by atoms with E-state index in [0.29, 0.717) is 11.6 Å². The van der Waals surface area contributed by atoms with Gasteiger partial charge in [-0.2, -0.15) is 0 Å². The first-order chi connectivity index (χ1) is 11.0. The van der Waals surface area contributed by atoms with Crippen molar-refractivity contribution in [2.75, 3.05) is 11.9 Å². The van der Waals surface area contributed by atoms with Crippen molar-refractivity contribution < 1.29 is 4.79 Å². The van der Waals surface area contributed by atoms with Crippen LogP contribution in [0.25, 0.3) is 0 Å². The van der Waals surface area contributed by atoms with Gasteiger partial charge in [0.2, 0.25) is 5.91 Å². The highest BCUT2D eigenvalue weighted by Gasteiger charge is 2.34. The molecule has 0 unspecified atom stereocenters. The molecule has 1 amide bonds. The fourth-order valence-corrected chi connectivity index (χ4v) is 3.04. The van der Waals surface area contributed by atoms with E-state index in [2.05, 4.69) is 10.2 Å². The van der Waals surface area contributed by atoms with Gasteiger partial charge in [-0.3, -0.25) is 9.69 Å². The summed E-state index contributed by atoms with van der Waals surface area (Å²) in [4.78, 5) is 14.6. The second-order valence-electron chi connectivity index (χ2n) is 5.82. The Morgan fingerprint density at radius 2 is 2.00 bits per heavy atom. The smallest absolute Gasteiger partial charge is 0.241 e. The summed E-state index contributed by atoms with van der Waals surface area (Å²) in [5, 5.41) is 4.34. The van der Waals surface area contributed by atoms with Gasteiger partial charge in [0.15, 0.2) is 0 Å². The van der Waals surface area contributed by atoms with Crippen molar-refractivity contribution in [3.63, 3.8) is 0 Å². The number of benzene rings is 2. The van der Waals surface area contributed by atoms with Gasteiger partial charge in [0.1, 0.15) is 0 Å². The molecule has 2 aromatic rings. The zero-order valence-corrected chi connectivity index (χ0v) is 14.4. The van der Waals surface area contributed by atoms with Crippen molar-refractivity contribution in [1.82, 2.24) is 4.90 Å². The van der Waals surface area contributed by atoms with Crippen LogP contribution in [0.4, 0.5) is 5.69 Å². The molecule has 5 heteroatoms. The number of carbonyl (C=O) groups excluding carboxylic acids is 1. The first-order valence-electron chi connectivity index (χ1n) is 7.59. The number of nitrogens with zero attached hydrogens (tertiary/aromatic N) is 1. The summed E-state index contributed by atoms with van der Waals surface area (Å²) in [6.07, 6.45) is 0.857. The third-order valence-corrected chi connectivity index (χ3v) is 4.98. The van der Waals surface area contributed by atoms with Gasteiger partial charge in [0, 0.05) is 28.8 Å². The molecule has 0 saturated carbocycles. The first-order valence-corrected chi connectivity index (χ1v) is 8.34. The lowest BCUT2D eigenvalue weighted by atomic mass is 10.0. The Labute approximate surface area is 146 Å². The first kappa shape index (κ1) is 16.3. The van der Waals surface area contributed by atoms with E-state index in [4.69, 9.17) is 23.2 Å². The molecule has 1 aliphatic heterocycles. The van der Waals surface area contributed by atoms with Crippen molar-refractivity contribution in [2.24, 2.45) is 0 Å². The molecule has 1 atom stereocenters. The van der Waals surface area contributed by atoms with E-state index in [0.717, 1.165) is 34.8 Å². The molecular weight excluding hydrogens is 331 g/mol. The molecule has 1 fully saturated rings. The van der Waals surface area contributed by atoms with Crippen LogP contribution < -0.4 is 5.32 Å². The minimum Gasteiger partial charge on any atom is -0.325 e. The van der Waals surface area contributed by atoms with Crippen LogP contribution in [0.2, 0.25) is 10.0 Å². The molecule has 3 rings (SSSR count). The normalized spacial score (nSPS) is 17.6. The Hall–Kier alpha value is -1.55. The number of hydrogen-bond donors (Lipinski definition) is 1. The van der Waals surface area contributed by atoms with Gasteiger partial charge >= 0.3 is 0 Å². The largest absolute Gasteiger partial charge is 0.325 e. The van der Waals surface area contributed by atoms with E-state index in [9.17, 15) is 4.79 Å². The summed E-state index contributed by atoms with van der Waals surface area (Å²) in [7, 11) is 0. The van der Waals surface area contributed by atoms with E-state index < -0.39 is 0 Å². The molecule has 1 heterocycles. The van der Waals surface area contributed by atoms with Gasteiger partial charge < -0.3 is 5.32 Å². The third kappa shape index (κ3) is 3.69. The summed E-state index contributed by atoms with van der Waals surface area (Å²) in [5.41, 5.74) is 2.77. The fourth-order valence-electron chi connectivity index (χ4n) is 2.67. The maximum atomic E-state index is 12.4. The summed E-state index contributed by atoms with van der Waals surface area (Å²) in [5.74, 6) is 0.00298. The number of likely N-dealkylation sites (tertiary alicyclic amines) is 1. The highest BCUT2D eigenvalue weighted by molar-refractivity contribution is 6.31. The minimum absolute atomic E-state index is 0.00298. The summed E-state index contributed by atoms with van der Waals surface area (Å²) >= 11 is 12.3. The van der Waals surface area contributed by atoms with Gasteiger partial charge in [-0.05, 0) is 42.7 Å². The average Bonchev–Trinajstić information content (AvgIpc) is 2.49. The van der Waals surface area contributed by atoms with Crippen LogP contribution in [0, 0.1) is 6.92 Å². The number of amides is 1. The molecule has 1 N–H and O–H groups in total. The van der Waals surface area contributed by atoms with Crippen molar-refractivity contribution >= 4 is 34.8 Å². The second-order valence-corrected chi connectivity index (χ2v) is 6.63. The number of rotatable bonds is 4. The number of anilines is 1. The fraction of sp³-hybridized carbons (Fsp3) is 0.278. The zero-order valence-electron chi connectivity index (χ0n) is 12.9.